The molecule has 2 aliphatic heterocycles. The lowest BCUT2D eigenvalue weighted by atomic mass is 10.1. The molecule has 0 atom stereocenters. The Balaban J connectivity index is 1.40. The number of hydrogen-bond acceptors (Lipinski definition) is 7. The van der Waals surface area contributed by atoms with Crippen LogP contribution in [0.4, 0.5) is 14.7 Å². The topological polar surface area (TPSA) is 89.5 Å². The van der Waals surface area contributed by atoms with Gasteiger partial charge in [0, 0.05) is 30.5 Å². The Morgan fingerprint density at radius 3 is 2.84 bits per heavy atom. The van der Waals surface area contributed by atoms with E-state index in [0.717, 1.165) is 10.9 Å². The van der Waals surface area contributed by atoms with Crippen molar-refractivity contribution in [3.63, 3.8) is 0 Å². The largest absolute Gasteiger partial charge is 0.377 e. The molecule has 0 aliphatic carbocycles. The van der Waals surface area contributed by atoms with Crippen LogP contribution in [-0.4, -0.2) is 76.0 Å². The molecule has 164 valence electrons. The number of benzene rings is 1. The van der Waals surface area contributed by atoms with E-state index in [9.17, 15) is 13.6 Å². The summed E-state index contributed by atoms with van der Waals surface area (Å²) in [5.74, 6) is -3.04. The number of ether oxygens (including phenoxy) is 1. The second-order valence-corrected chi connectivity index (χ2v) is 7.90. The lowest BCUT2D eigenvalue weighted by molar-refractivity contribution is -0.134. The van der Waals surface area contributed by atoms with Gasteiger partial charge in [-0.1, -0.05) is 13.0 Å². The fourth-order valence-electron chi connectivity index (χ4n) is 3.90. The second-order valence-electron chi connectivity index (χ2n) is 7.90. The number of carbonyl (C=O) groups excluding carboxylic acids is 1. The van der Waals surface area contributed by atoms with Gasteiger partial charge in [0.2, 0.25) is 5.91 Å². The van der Waals surface area contributed by atoms with Gasteiger partial charge in [0.1, 0.15) is 0 Å². The maximum Gasteiger partial charge on any atom is 0.282 e. The normalized spacial score (nSPS) is 19.5. The van der Waals surface area contributed by atoms with E-state index in [1.165, 1.54) is 9.80 Å². The van der Waals surface area contributed by atoms with Crippen LogP contribution in [-0.2, 0) is 9.53 Å². The van der Waals surface area contributed by atoms with Gasteiger partial charge in [-0.25, -0.2) is 8.78 Å². The van der Waals surface area contributed by atoms with Crippen molar-refractivity contribution < 1.29 is 22.8 Å². The molecule has 0 N–H and O–H groups in total. The molecule has 2 aromatic heterocycles. The van der Waals surface area contributed by atoms with Gasteiger partial charge in [-0.05, 0) is 17.3 Å². The van der Waals surface area contributed by atoms with Crippen molar-refractivity contribution in [3.8, 4) is 11.5 Å². The molecule has 4 heterocycles. The van der Waals surface area contributed by atoms with Crippen molar-refractivity contribution in [2.45, 2.75) is 25.3 Å². The highest BCUT2D eigenvalue weighted by molar-refractivity contribution is 5.83. The predicted octanol–water partition coefficient (Wildman–Crippen LogP) is 2.35. The van der Waals surface area contributed by atoms with Crippen molar-refractivity contribution in [1.82, 2.24) is 24.8 Å². The second kappa shape index (κ2) is 7.56. The van der Waals surface area contributed by atoms with Crippen LogP contribution in [0.15, 0.2) is 28.9 Å². The summed E-state index contributed by atoms with van der Waals surface area (Å²) in [6, 6.07) is 5.84. The van der Waals surface area contributed by atoms with Crippen molar-refractivity contribution in [2.24, 2.45) is 0 Å². The molecule has 9 nitrogen and oxygen atoms in total. The van der Waals surface area contributed by atoms with Crippen LogP contribution < -0.4 is 4.90 Å². The van der Waals surface area contributed by atoms with Crippen LogP contribution in [0.5, 0.6) is 0 Å². The van der Waals surface area contributed by atoms with E-state index in [1.54, 1.807) is 13.1 Å². The van der Waals surface area contributed by atoms with Gasteiger partial charge in [0.05, 0.1) is 44.1 Å². The highest BCUT2D eigenvalue weighted by Crippen LogP contribution is 2.29. The first-order chi connectivity index (χ1) is 14.9. The van der Waals surface area contributed by atoms with Crippen molar-refractivity contribution >= 4 is 22.8 Å². The van der Waals surface area contributed by atoms with Crippen LogP contribution in [0.2, 0.25) is 0 Å². The van der Waals surface area contributed by atoms with E-state index in [0.29, 0.717) is 18.8 Å². The summed E-state index contributed by atoms with van der Waals surface area (Å²) < 4.78 is 41.4. The van der Waals surface area contributed by atoms with E-state index in [2.05, 4.69) is 15.2 Å². The standard InChI is InChI=1S/C20H22F2N6O3/c1-2-17(29)26-5-6-27(12-20(21,22)11-26)19-24-18(31-25-19)13-3-4-14-8-23-28(16(14)7-13)15-9-30-10-15/h3-4,7-8,15H,2,5-6,9-12H2,1H3. The first kappa shape index (κ1) is 19.9. The maximum absolute atomic E-state index is 14.4. The van der Waals surface area contributed by atoms with Crippen LogP contribution in [0.3, 0.4) is 0 Å². The number of alkyl halides is 2. The molecular formula is C20H22F2N6O3. The fraction of sp³-hybridized carbons (Fsp3) is 0.500. The van der Waals surface area contributed by atoms with Gasteiger partial charge in [-0.15, -0.1) is 0 Å². The molecule has 0 spiro atoms. The molecule has 0 radical (unpaired) electrons. The molecule has 31 heavy (non-hydrogen) atoms. The van der Waals surface area contributed by atoms with Gasteiger partial charge in [-0.2, -0.15) is 10.1 Å². The summed E-state index contributed by atoms with van der Waals surface area (Å²) in [5, 5.41) is 9.33. The van der Waals surface area contributed by atoms with E-state index < -0.39 is 19.0 Å². The number of rotatable bonds is 4. The zero-order valence-corrected chi connectivity index (χ0v) is 17.0. The smallest absolute Gasteiger partial charge is 0.282 e. The molecule has 11 heteroatoms. The third-order valence-corrected chi connectivity index (χ3v) is 5.65. The average molecular weight is 432 g/mol. The molecule has 2 saturated heterocycles. The summed E-state index contributed by atoms with van der Waals surface area (Å²) in [5.41, 5.74) is 1.60. The number of carbonyl (C=O) groups is 1. The third kappa shape index (κ3) is 3.73. The van der Waals surface area contributed by atoms with Crippen molar-refractivity contribution in [3.05, 3.63) is 24.4 Å². The monoisotopic (exact) mass is 432 g/mol. The number of amides is 1. The summed E-state index contributed by atoms with van der Waals surface area (Å²) in [6.45, 7) is 2.10. The fourth-order valence-corrected chi connectivity index (χ4v) is 3.90. The Kier molecular flexibility index (Phi) is 4.84. The molecule has 0 saturated carbocycles. The summed E-state index contributed by atoms with van der Waals surface area (Å²) in [4.78, 5) is 18.9. The van der Waals surface area contributed by atoms with Gasteiger partial charge in [0.15, 0.2) is 0 Å². The van der Waals surface area contributed by atoms with Gasteiger partial charge in [0.25, 0.3) is 17.8 Å². The molecule has 5 rings (SSSR count). The first-order valence-electron chi connectivity index (χ1n) is 10.2. The Labute approximate surface area is 176 Å². The van der Waals surface area contributed by atoms with Crippen LogP contribution in [0.1, 0.15) is 19.4 Å². The summed E-state index contributed by atoms with van der Waals surface area (Å²) >= 11 is 0. The lowest BCUT2D eigenvalue weighted by Crippen LogP contribution is -2.41. The van der Waals surface area contributed by atoms with Crippen molar-refractivity contribution in [1.29, 1.82) is 0 Å². The number of anilines is 1. The summed E-state index contributed by atoms with van der Waals surface area (Å²) in [6.07, 6.45) is 1.98. The number of nitrogens with zero attached hydrogens (tertiary/aromatic N) is 6. The minimum atomic E-state index is -3.07. The highest BCUT2D eigenvalue weighted by atomic mass is 19.3. The average Bonchev–Trinajstić information content (AvgIpc) is 3.32. The molecule has 2 fully saturated rings. The Bertz CT molecular complexity index is 1110. The lowest BCUT2D eigenvalue weighted by Gasteiger charge is -2.26. The molecule has 3 aromatic rings. The number of hydrogen-bond donors (Lipinski definition) is 0. The van der Waals surface area contributed by atoms with Crippen LogP contribution in [0.25, 0.3) is 22.4 Å². The Morgan fingerprint density at radius 2 is 2.10 bits per heavy atom. The molecule has 2 aliphatic rings. The first-order valence-corrected chi connectivity index (χ1v) is 10.2. The van der Waals surface area contributed by atoms with E-state index >= 15 is 0 Å². The van der Waals surface area contributed by atoms with E-state index in [4.69, 9.17) is 9.26 Å². The Hall–Kier alpha value is -3.08. The quantitative estimate of drug-likeness (QED) is 0.625. The molecular weight excluding hydrogens is 410 g/mol. The SMILES string of the molecule is CCC(=O)N1CCN(c2noc(-c3ccc4cnn(C5COC5)c4c3)n2)CC(F)(F)C1. The summed E-state index contributed by atoms with van der Waals surface area (Å²) in [7, 11) is 0. The molecule has 0 bridgehead atoms. The van der Waals surface area contributed by atoms with Crippen molar-refractivity contribution in [2.75, 3.05) is 44.3 Å². The van der Waals surface area contributed by atoms with Gasteiger partial charge < -0.3 is 19.1 Å². The van der Waals surface area contributed by atoms with Gasteiger partial charge in [-0.3, -0.25) is 9.48 Å². The van der Waals surface area contributed by atoms with Crippen LogP contribution >= 0.6 is 0 Å². The minimum absolute atomic E-state index is 0.0847. The zero-order valence-electron chi connectivity index (χ0n) is 17.0. The minimum Gasteiger partial charge on any atom is -0.377 e. The Morgan fingerprint density at radius 1 is 1.26 bits per heavy atom. The number of halogens is 2. The molecule has 1 amide bonds. The maximum atomic E-state index is 14.4. The van der Waals surface area contributed by atoms with E-state index in [1.807, 2.05) is 22.9 Å². The number of aromatic nitrogens is 4. The number of fused-ring (bicyclic) bond motifs is 1. The molecule has 0 unspecified atom stereocenters. The predicted molar refractivity (Wildman–Crippen MR) is 107 cm³/mol. The third-order valence-electron chi connectivity index (χ3n) is 5.65. The van der Waals surface area contributed by atoms with E-state index in [-0.39, 0.29) is 43.3 Å². The molecule has 1 aromatic carbocycles. The van der Waals surface area contributed by atoms with Crippen LogP contribution in [0, 0.1) is 0 Å². The highest BCUT2D eigenvalue weighted by Gasteiger charge is 2.39. The van der Waals surface area contributed by atoms with Gasteiger partial charge >= 0.3 is 0 Å². The zero-order chi connectivity index (χ0) is 21.6.